The summed E-state index contributed by atoms with van der Waals surface area (Å²) in [5, 5.41) is 3.33. The maximum absolute atomic E-state index is 12.8. The number of rotatable bonds is 10. The number of benzene rings is 2. The third kappa shape index (κ3) is 6.21. The van der Waals surface area contributed by atoms with Crippen molar-refractivity contribution >= 4 is 27.8 Å². The molecule has 1 saturated heterocycles. The standard InChI is InChI=1S/C21H26N2O5S2/c1-2-27-20(24)15-28-17-9-7-16(8-10-17)11-12-23-30(25,26)19-6-4-3-5-18(19)21-22-13-14-29-21/h3-10,21-23H,2,11-15H2,1H3. The van der Waals surface area contributed by atoms with Crippen molar-refractivity contribution < 1.29 is 22.7 Å². The molecule has 2 aromatic rings. The average molecular weight is 451 g/mol. The van der Waals surface area contributed by atoms with Crippen LogP contribution in [-0.4, -0.2) is 46.4 Å². The number of sulfonamides is 1. The van der Waals surface area contributed by atoms with Gasteiger partial charge in [-0.15, -0.1) is 11.8 Å². The third-order valence-corrected chi connectivity index (χ3v) is 7.23. The van der Waals surface area contributed by atoms with Crippen molar-refractivity contribution in [3.8, 4) is 5.75 Å². The van der Waals surface area contributed by atoms with Crippen LogP contribution in [0, 0.1) is 0 Å². The highest BCUT2D eigenvalue weighted by atomic mass is 32.2. The molecule has 0 bridgehead atoms. The van der Waals surface area contributed by atoms with Crippen molar-refractivity contribution in [3.05, 3.63) is 59.7 Å². The maximum Gasteiger partial charge on any atom is 0.344 e. The molecule has 30 heavy (non-hydrogen) atoms. The van der Waals surface area contributed by atoms with Crippen LogP contribution < -0.4 is 14.8 Å². The smallest absolute Gasteiger partial charge is 0.344 e. The zero-order valence-corrected chi connectivity index (χ0v) is 18.4. The molecule has 0 aromatic heterocycles. The molecule has 162 valence electrons. The molecule has 1 fully saturated rings. The Bertz CT molecular complexity index is 942. The van der Waals surface area contributed by atoms with Gasteiger partial charge in [0.1, 0.15) is 5.75 Å². The zero-order chi connectivity index (χ0) is 21.4. The highest BCUT2D eigenvalue weighted by Crippen LogP contribution is 2.33. The molecular formula is C21H26N2O5S2. The zero-order valence-electron chi connectivity index (χ0n) is 16.8. The minimum absolute atomic E-state index is 0.0000674. The summed E-state index contributed by atoms with van der Waals surface area (Å²) < 4.78 is 38.6. The lowest BCUT2D eigenvalue weighted by molar-refractivity contribution is -0.145. The summed E-state index contributed by atoms with van der Waals surface area (Å²) in [5.41, 5.74) is 1.75. The van der Waals surface area contributed by atoms with Gasteiger partial charge in [-0.3, -0.25) is 0 Å². The van der Waals surface area contributed by atoms with E-state index in [0.717, 1.165) is 23.4 Å². The van der Waals surface area contributed by atoms with Crippen molar-refractivity contribution in [2.75, 3.05) is 32.1 Å². The minimum Gasteiger partial charge on any atom is -0.482 e. The Morgan fingerprint density at radius 1 is 1.20 bits per heavy atom. The monoisotopic (exact) mass is 450 g/mol. The van der Waals surface area contributed by atoms with Gasteiger partial charge >= 0.3 is 5.97 Å². The molecule has 1 aliphatic rings. The molecule has 7 nitrogen and oxygen atoms in total. The Labute approximate surface area is 181 Å². The molecular weight excluding hydrogens is 424 g/mol. The topological polar surface area (TPSA) is 93.7 Å². The highest BCUT2D eigenvalue weighted by Gasteiger charge is 2.25. The first kappa shape index (κ1) is 22.6. The second-order valence-electron chi connectivity index (χ2n) is 6.63. The number of esters is 1. The quantitative estimate of drug-likeness (QED) is 0.537. The molecule has 1 aliphatic heterocycles. The Hall–Kier alpha value is -2.07. The first-order chi connectivity index (χ1) is 14.5. The van der Waals surface area contributed by atoms with Crippen molar-refractivity contribution in [2.45, 2.75) is 23.6 Å². The summed E-state index contributed by atoms with van der Waals surface area (Å²) in [6.07, 6.45) is 0.538. The van der Waals surface area contributed by atoms with Crippen molar-refractivity contribution in [3.63, 3.8) is 0 Å². The predicted molar refractivity (Wildman–Crippen MR) is 117 cm³/mol. The summed E-state index contributed by atoms with van der Waals surface area (Å²) in [6.45, 7) is 3.07. The van der Waals surface area contributed by atoms with E-state index in [9.17, 15) is 13.2 Å². The van der Waals surface area contributed by atoms with Gasteiger partial charge in [-0.05, 0) is 42.7 Å². The fourth-order valence-electron chi connectivity index (χ4n) is 3.07. The summed E-state index contributed by atoms with van der Waals surface area (Å²) in [7, 11) is -3.61. The van der Waals surface area contributed by atoms with Crippen LogP contribution in [0.3, 0.4) is 0 Å². The molecule has 2 aromatic carbocycles. The second-order valence-corrected chi connectivity index (χ2v) is 9.58. The van der Waals surface area contributed by atoms with Gasteiger partial charge in [0.25, 0.3) is 0 Å². The summed E-state index contributed by atoms with van der Waals surface area (Å²) in [4.78, 5) is 11.6. The number of carbonyl (C=O) groups is 1. The largest absolute Gasteiger partial charge is 0.482 e. The number of hydrogen-bond acceptors (Lipinski definition) is 7. The van der Waals surface area contributed by atoms with E-state index in [4.69, 9.17) is 9.47 Å². The highest BCUT2D eigenvalue weighted by molar-refractivity contribution is 7.99. The first-order valence-corrected chi connectivity index (χ1v) is 12.3. The van der Waals surface area contributed by atoms with Gasteiger partial charge in [0.05, 0.1) is 16.9 Å². The number of hydrogen-bond donors (Lipinski definition) is 2. The van der Waals surface area contributed by atoms with Gasteiger partial charge in [0.15, 0.2) is 6.61 Å². The van der Waals surface area contributed by atoms with E-state index in [0.29, 0.717) is 23.7 Å². The van der Waals surface area contributed by atoms with Gasteiger partial charge in [-0.1, -0.05) is 30.3 Å². The summed E-state index contributed by atoms with van der Waals surface area (Å²) in [6, 6.07) is 14.3. The third-order valence-electron chi connectivity index (χ3n) is 4.50. The number of nitrogens with one attached hydrogen (secondary N) is 2. The molecule has 1 atom stereocenters. The van der Waals surface area contributed by atoms with Crippen LogP contribution in [0.5, 0.6) is 5.75 Å². The number of thioether (sulfide) groups is 1. The van der Waals surface area contributed by atoms with Gasteiger partial charge < -0.3 is 14.8 Å². The van der Waals surface area contributed by atoms with Crippen molar-refractivity contribution in [2.24, 2.45) is 0 Å². The molecule has 0 radical (unpaired) electrons. The van der Waals surface area contributed by atoms with Crippen LogP contribution in [-0.2, 0) is 26.0 Å². The molecule has 0 amide bonds. The molecule has 9 heteroatoms. The summed E-state index contributed by atoms with van der Waals surface area (Å²) in [5.74, 6) is 1.11. The second kappa shape index (κ2) is 10.8. The Morgan fingerprint density at radius 3 is 2.67 bits per heavy atom. The molecule has 3 rings (SSSR count). The van der Waals surface area contributed by atoms with Crippen LogP contribution in [0.15, 0.2) is 53.4 Å². The van der Waals surface area contributed by atoms with E-state index in [1.807, 2.05) is 24.3 Å². The van der Waals surface area contributed by atoms with Gasteiger partial charge in [-0.25, -0.2) is 17.9 Å². The number of ether oxygens (including phenoxy) is 2. The van der Waals surface area contributed by atoms with E-state index in [-0.39, 0.29) is 18.5 Å². The Kier molecular flexibility index (Phi) is 8.15. The van der Waals surface area contributed by atoms with Crippen molar-refractivity contribution in [1.82, 2.24) is 10.0 Å². The minimum atomic E-state index is -3.61. The molecule has 2 N–H and O–H groups in total. The maximum atomic E-state index is 12.8. The van der Waals surface area contributed by atoms with Crippen molar-refractivity contribution in [1.29, 1.82) is 0 Å². The fraction of sp³-hybridized carbons (Fsp3) is 0.381. The fourth-order valence-corrected chi connectivity index (χ4v) is 5.52. The van der Waals surface area contributed by atoms with Crippen LogP contribution >= 0.6 is 11.8 Å². The lowest BCUT2D eigenvalue weighted by Gasteiger charge is -2.16. The van der Waals surface area contributed by atoms with E-state index in [2.05, 4.69) is 10.0 Å². The van der Waals surface area contributed by atoms with Crippen LogP contribution in [0.1, 0.15) is 23.4 Å². The summed E-state index contributed by atoms with van der Waals surface area (Å²) >= 11 is 1.71. The SMILES string of the molecule is CCOC(=O)COc1ccc(CCNS(=O)(=O)c2ccccc2C2NCCS2)cc1. The van der Waals surface area contributed by atoms with E-state index in [1.54, 1.807) is 43.0 Å². The molecule has 0 saturated carbocycles. The van der Waals surface area contributed by atoms with E-state index < -0.39 is 16.0 Å². The molecule has 0 spiro atoms. The predicted octanol–water partition coefficient (Wildman–Crippen LogP) is 2.48. The number of carbonyl (C=O) groups excluding carboxylic acids is 1. The first-order valence-electron chi connectivity index (χ1n) is 9.80. The lowest BCUT2D eigenvalue weighted by Crippen LogP contribution is -2.28. The molecule has 1 heterocycles. The van der Waals surface area contributed by atoms with Crippen LogP contribution in [0.2, 0.25) is 0 Å². The normalized spacial score (nSPS) is 16.4. The van der Waals surface area contributed by atoms with Gasteiger partial charge in [-0.2, -0.15) is 0 Å². The van der Waals surface area contributed by atoms with Gasteiger partial charge in [0, 0.05) is 18.8 Å². The van der Waals surface area contributed by atoms with E-state index >= 15 is 0 Å². The molecule has 1 unspecified atom stereocenters. The van der Waals surface area contributed by atoms with Gasteiger partial charge in [0.2, 0.25) is 10.0 Å². The van der Waals surface area contributed by atoms with E-state index in [1.165, 1.54) is 0 Å². The Balaban J connectivity index is 1.54. The van der Waals surface area contributed by atoms with Crippen LogP contribution in [0.4, 0.5) is 0 Å². The lowest BCUT2D eigenvalue weighted by atomic mass is 10.1. The molecule has 0 aliphatic carbocycles. The Morgan fingerprint density at radius 2 is 1.97 bits per heavy atom. The average Bonchev–Trinajstić information content (AvgIpc) is 3.28. The van der Waals surface area contributed by atoms with Crippen LogP contribution in [0.25, 0.3) is 0 Å².